The molecule has 0 bridgehead atoms. The van der Waals surface area contributed by atoms with Gasteiger partial charge in [-0.2, -0.15) is 0 Å². The zero-order chi connectivity index (χ0) is 23.6. The highest BCUT2D eigenvalue weighted by Gasteiger charge is 2.62. The van der Waals surface area contributed by atoms with E-state index in [1.807, 2.05) is 6.92 Å². The van der Waals surface area contributed by atoms with Crippen molar-refractivity contribution in [3.05, 3.63) is 12.2 Å². The van der Waals surface area contributed by atoms with Crippen molar-refractivity contribution >= 4 is 0 Å². The van der Waals surface area contributed by atoms with Gasteiger partial charge in [0, 0.05) is 0 Å². The SMILES string of the molecule is CC=CCC(OCC1OC1C)[C@@]1(O[C@H]2O[C@H](CO)[C@@H](O)[C@H](O)[C@H]2O)O[C@H](CO)[C@@H](O)[C@@H]1O. The average molecular weight is 466 g/mol. The van der Waals surface area contributed by atoms with Crippen molar-refractivity contribution in [2.75, 3.05) is 19.8 Å². The fourth-order valence-corrected chi connectivity index (χ4v) is 3.97. The molecule has 0 radical (unpaired) electrons. The van der Waals surface area contributed by atoms with Gasteiger partial charge in [0.15, 0.2) is 6.29 Å². The molecule has 3 heterocycles. The number of hydrogen-bond acceptors (Lipinski definition) is 12. The van der Waals surface area contributed by atoms with Crippen molar-refractivity contribution in [3.63, 3.8) is 0 Å². The van der Waals surface area contributed by atoms with Crippen LogP contribution in [0.15, 0.2) is 12.2 Å². The van der Waals surface area contributed by atoms with Gasteiger partial charge in [-0.1, -0.05) is 12.2 Å². The molecule has 3 fully saturated rings. The van der Waals surface area contributed by atoms with Crippen molar-refractivity contribution in [1.82, 2.24) is 0 Å². The molecule has 3 rings (SSSR count). The Morgan fingerprint density at radius 1 is 0.906 bits per heavy atom. The molecule has 3 aliphatic heterocycles. The van der Waals surface area contributed by atoms with Crippen molar-refractivity contribution in [2.24, 2.45) is 0 Å². The van der Waals surface area contributed by atoms with Crippen LogP contribution < -0.4 is 0 Å². The smallest absolute Gasteiger partial charge is 0.227 e. The summed E-state index contributed by atoms with van der Waals surface area (Å²) in [6.07, 6.45) is -10.2. The normalized spacial score (nSPS) is 47.8. The van der Waals surface area contributed by atoms with E-state index in [0.717, 1.165) is 0 Å². The molecule has 7 N–H and O–H groups in total. The minimum atomic E-state index is -2.13. The van der Waals surface area contributed by atoms with Crippen LogP contribution in [0, 0.1) is 0 Å². The van der Waals surface area contributed by atoms with Crippen LogP contribution in [-0.2, 0) is 23.7 Å². The van der Waals surface area contributed by atoms with Gasteiger partial charge in [0.1, 0.15) is 54.9 Å². The van der Waals surface area contributed by atoms with Crippen molar-refractivity contribution < 1.29 is 59.4 Å². The van der Waals surface area contributed by atoms with Crippen LogP contribution in [0.5, 0.6) is 0 Å². The summed E-state index contributed by atoms with van der Waals surface area (Å²) in [5, 5.41) is 71.0. The van der Waals surface area contributed by atoms with E-state index in [4.69, 9.17) is 23.7 Å². The van der Waals surface area contributed by atoms with E-state index in [0.29, 0.717) is 0 Å². The van der Waals surface area contributed by atoms with Gasteiger partial charge in [0.25, 0.3) is 0 Å². The maximum Gasteiger partial charge on any atom is 0.227 e. The van der Waals surface area contributed by atoms with E-state index in [9.17, 15) is 35.7 Å². The van der Waals surface area contributed by atoms with Crippen LogP contribution >= 0.6 is 0 Å². The Labute approximate surface area is 185 Å². The maximum absolute atomic E-state index is 10.9. The zero-order valence-corrected chi connectivity index (χ0v) is 18.0. The lowest BCUT2D eigenvalue weighted by molar-refractivity contribution is -0.398. The number of allylic oxidation sites excluding steroid dienone is 1. The van der Waals surface area contributed by atoms with E-state index < -0.39 is 74.1 Å². The van der Waals surface area contributed by atoms with Crippen molar-refractivity contribution in [2.45, 2.75) is 93.4 Å². The van der Waals surface area contributed by atoms with Gasteiger partial charge in [0.2, 0.25) is 5.79 Å². The third-order valence-electron chi connectivity index (χ3n) is 6.11. The Morgan fingerprint density at radius 2 is 1.56 bits per heavy atom. The van der Waals surface area contributed by atoms with Gasteiger partial charge in [0.05, 0.1) is 25.9 Å². The zero-order valence-electron chi connectivity index (χ0n) is 18.0. The number of aliphatic hydroxyl groups is 7. The molecule has 12 nitrogen and oxygen atoms in total. The predicted molar refractivity (Wildman–Crippen MR) is 105 cm³/mol. The molecule has 3 saturated heterocycles. The molecule has 0 spiro atoms. The van der Waals surface area contributed by atoms with E-state index in [-0.39, 0.29) is 25.2 Å². The number of epoxide rings is 1. The quantitative estimate of drug-likeness (QED) is 0.126. The van der Waals surface area contributed by atoms with E-state index in [1.54, 1.807) is 19.1 Å². The summed E-state index contributed by atoms with van der Waals surface area (Å²) in [5.74, 6) is -2.13. The topological polar surface area (TPSA) is 191 Å². The van der Waals surface area contributed by atoms with Crippen LogP contribution in [0.1, 0.15) is 20.3 Å². The van der Waals surface area contributed by atoms with Gasteiger partial charge in [-0.25, -0.2) is 0 Å². The highest BCUT2D eigenvalue weighted by Crippen LogP contribution is 2.41. The lowest BCUT2D eigenvalue weighted by atomic mass is 9.96. The molecular formula is C20H34O12. The number of rotatable bonds is 10. The summed E-state index contributed by atoms with van der Waals surface area (Å²) in [7, 11) is 0. The Hall–Kier alpha value is -0.740. The van der Waals surface area contributed by atoms with E-state index in [2.05, 4.69) is 0 Å². The molecule has 0 aliphatic carbocycles. The predicted octanol–water partition coefficient (Wildman–Crippen LogP) is -3.25. The number of aliphatic hydroxyl groups excluding tert-OH is 7. The largest absolute Gasteiger partial charge is 0.394 e. The number of hydrogen-bond donors (Lipinski definition) is 7. The molecule has 3 unspecified atom stereocenters. The fourth-order valence-electron chi connectivity index (χ4n) is 3.97. The summed E-state index contributed by atoms with van der Waals surface area (Å²) >= 11 is 0. The second-order valence-corrected chi connectivity index (χ2v) is 8.32. The van der Waals surface area contributed by atoms with Crippen LogP contribution in [0.4, 0.5) is 0 Å². The van der Waals surface area contributed by atoms with Crippen LogP contribution in [0.25, 0.3) is 0 Å². The summed E-state index contributed by atoms with van der Waals surface area (Å²) in [5.41, 5.74) is 0. The molecule has 32 heavy (non-hydrogen) atoms. The lowest BCUT2D eigenvalue weighted by Gasteiger charge is -2.45. The maximum atomic E-state index is 10.9. The Bertz CT molecular complexity index is 632. The van der Waals surface area contributed by atoms with E-state index in [1.165, 1.54) is 0 Å². The first kappa shape index (κ1) is 25.9. The first-order valence-corrected chi connectivity index (χ1v) is 10.7. The summed E-state index contributed by atoms with van der Waals surface area (Å²) in [6, 6.07) is 0. The van der Waals surface area contributed by atoms with Crippen molar-refractivity contribution in [1.29, 1.82) is 0 Å². The molecular weight excluding hydrogens is 432 g/mol. The van der Waals surface area contributed by atoms with Crippen LogP contribution in [0.2, 0.25) is 0 Å². The molecule has 0 amide bonds. The fraction of sp³-hybridized carbons (Fsp3) is 0.900. The molecule has 3 aliphatic rings. The first-order chi connectivity index (χ1) is 15.2. The monoisotopic (exact) mass is 466 g/mol. The highest BCUT2D eigenvalue weighted by atomic mass is 16.8. The van der Waals surface area contributed by atoms with Crippen LogP contribution in [0.3, 0.4) is 0 Å². The van der Waals surface area contributed by atoms with Crippen LogP contribution in [-0.4, -0.2) is 129 Å². The van der Waals surface area contributed by atoms with Gasteiger partial charge >= 0.3 is 0 Å². The Balaban J connectivity index is 1.91. The molecule has 186 valence electrons. The van der Waals surface area contributed by atoms with Gasteiger partial charge in [-0.15, -0.1) is 0 Å². The minimum Gasteiger partial charge on any atom is -0.394 e. The summed E-state index contributed by atoms with van der Waals surface area (Å²) in [4.78, 5) is 0. The molecule has 0 aromatic rings. The van der Waals surface area contributed by atoms with Gasteiger partial charge < -0.3 is 59.4 Å². The summed E-state index contributed by atoms with van der Waals surface area (Å²) < 4.78 is 28.3. The number of ether oxygens (including phenoxy) is 5. The minimum absolute atomic E-state index is 0.00937. The molecule has 0 aromatic heterocycles. The molecule has 12 atom stereocenters. The van der Waals surface area contributed by atoms with E-state index >= 15 is 0 Å². The highest BCUT2D eigenvalue weighted by molar-refractivity contribution is 5.04. The molecule has 0 aromatic carbocycles. The van der Waals surface area contributed by atoms with Gasteiger partial charge in [-0.3, -0.25) is 0 Å². The second-order valence-electron chi connectivity index (χ2n) is 8.32. The third kappa shape index (κ3) is 5.02. The standard InChI is InChI=1S/C20H34O12/c1-3-4-5-13(28-8-12-9(2)29-12)20(18(27)15(24)11(7-22)31-20)32-19-17(26)16(25)14(23)10(6-21)30-19/h3-4,9-19,21-27H,5-8H2,1-2H3/t9?,10-,11-,12?,13?,14-,15-,16+,17-,18+,19-,20+/m1/s1. The van der Waals surface area contributed by atoms with Gasteiger partial charge in [-0.05, 0) is 20.3 Å². The first-order valence-electron chi connectivity index (χ1n) is 10.7. The summed E-state index contributed by atoms with van der Waals surface area (Å²) in [6.45, 7) is 2.43. The van der Waals surface area contributed by atoms with Crippen molar-refractivity contribution in [3.8, 4) is 0 Å². The molecule has 0 saturated carbocycles. The molecule has 12 heteroatoms. The lowest BCUT2D eigenvalue weighted by Crippen LogP contribution is -2.64. The average Bonchev–Trinajstić information content (AvgIpc) is 3.44. The Morgan fingerprint density at radius 3 is 2.09 bits per heavy atom. The second kappa shape index (κ2) is 10.7. The Kier molecular flexibility index (Phi) is 8.63. The third-order valence-corrected chi connectivity index (χ3v) is 6.11.